The lowest BCUT2D eigenvalue weighted by molar-refractivity contribution is -0.125. The zero-order valence-electron chi connectivity index (χ0n) is 17.3. The van der Waals surface area contributed by atoms with Crippen molar-refractivity contribution in [2.45, 2.75) is 50.6 Å². The topological polar surface area (TPSA) is 78.5 Å². The van der Waals surface area contributed by atoms with Gasteiger partial charge in [0.05, 0.1) is 10.6 Å². The number of rotatable bonds is 5. The highest BCUT2D eigenvalue weighted by Gasteiger charge is 2.35. The Labute approximate surface area is 187 Å². The summed E-state index contributed by atoms with van der Waals surface area (Å²) >= 11 is 6.10. The fourth-order valence-corrected chi connectivity index (χ4v) is 4.61. The molecule has 0 aromatic heterocycles. The van der Waals surface area contributed by atoms with Gasteiger partial charge in [-0.25, -0.2) is 0 Å². The predicted octanol–water partition coefficient (Wildman–Crippen LogP) is 4.26. The number of likely N-dealkylation sites (tertiary alicyclic amines) is 1. The summed E-state index contributed by atoms with van der Waals surface area (Å²) in [5.41, 5.74) is 1.31. The standard InChI is InChI=1S/C24H26ClN3O3/c25-20-12-4-3-11-19(20)22(29)27-18-10-5-7-16(15-18)24(31)28-14-6-13-21(28)23(30)26-17-8-1-2-9-17/h3-5,7,10-12,15,17,21H,1-2,6,8-9,13-14H2,(H,26,30)(H,27,29). The van der Waals surface area contributed by atoms with Gasteiger partial charge in [0.25, 0.3) is 11.8 Å². The number of carbonyl (C=O) groups excluding carboxylic acids is 3. The molecular weight excluding hydrogens is 414 g/mol. The van der Waals surface area contributed by atoms with E-state index in [2.05, 4.69) is 10.6 Å². The number of amides is 3. The normalized spacial score (nSPS) is 18.7. The van der Waals surface area contributed by atoms with Gasteiger partial charge in [0, 0.05) is 23.8 Å². The van der Waals surface area contributed by atoms with Gasteiger partial charge < -0.3 is 15.5 Å². The van der Waals surface area contributed by atoms with E-state index in [1.165, 1.54) is 0 Å². The molecule has 1 atom stereocenters. The fraction of sp³-hybridized carbons (Fsp3) is 0.375. The number of anilines is 1. The van der Waals surface area contributed by atoms with E-state index in [9.17, 15) is 14.4 Å². The van der Waals surface area contributed by atoms with E-state index in [-0.39, 0.29) is 23.8 Å². The lowest BCUT2D eigenvalue weighted by Gasteiger charge is -2.25. The number of nitrogens with zero attached hydrogens (tertiary/aromatic N) is 1. The van der Waals surface area contributed by atoms with E-state index in [1.54, 1.807) is 53.4 Å². The van der Waals surface area contributed by atoms with Crippen LogP contribution in [0.2, 0.25) is 5.02 Å². The second-order valence-corrected chi connectivity index (χ2v) is 8.57. The molecule has 1 saturated heterocycles. The summed E-state index contributed by atoms with van der Waals surface area (Å²) < 4.78 is 0. The van der Waals surface area contributed by atoms with Gasteiger partial charge in [-0.1, -0.05) is 42.6 Å². The third-order valence-electron chi connectivity index (χ3n) is 6.00. The molecule has 1 unspecified atom stereocenters. The van der Waals surface area contributed by atoms with Gasteiger partial charge in [-0.15, -0.1) is 0 Å². The summed E-state index contributed by atoms with van der Waals surface area (Å²) in [6.07, 6.45) is 5.79. The van der Waals surface area contributed by atoms with Gasteiger partial charge in [-0.05, 0) is 56.0 Å². The lowest BCUT2D eigenvalue weighted by Crippen LogP contribution is -2.48. The summed E-state index contributed by atoms with van der Waals surface area (Å²) in [4.78, 5) is 40.1. The summed E-state index contributed by atoms with van der Waals surface area (Å²) in [5, 5.41) is 6.27. The number of halogens is 1. The molecule has 2 aromatic carbocycles. The van der Waals surface area contributed by atoms with Gasteiger partial charge >= 0.3 is 0 Å². The molecule has 162 valence electrons. The molecule has 31 heavy (non-hydrogen) atoms. The molecule has 6 nitrogen and oxygen atoms in total. The van der Waals surface area contributed by atoms with Crippen molar-refractivity contribution in [3.05, 3.63) is 64.7 Å². The third kappa shape index (κ3) is 4.90. The minimum atomic E-state index is -0.436. The largest absolute Gasteiger partial charge is 0.352 e. The Balaban J connectivity index is 1.45. The van der Waals surface area contributed by atoms with E-state index < -0.39 is 6.04 Å². The van der Waals surface area contributed by atoms with Crippen molar-refractivity contribution in [3.63, 3.8) is 0 Å². The van der Waals surface area contributed by atoms with Crippen molar-refractivity contribution >= 4 is 35.0 Å². The quantitative estimate of drug-likeness (QED) is 0.730. The average Bonchev–Trinajstić information content (AvgIpc) is 3.45. The Morgan fingerprint density at radius 2 is 1.71 bits per heavy atom. The van der Waals surface area contributed by atoms with Crippen LogP contribution in [-0.2, 0) is 4.79 Å². The van der Waals surface area contributed by atoms with E-state index in [0.29, 0.717) is 34.8 Å². The number of hydrogen-bond acceptors (Lipinski definition) is 3. The maximum absolute atomic E-state index is 13.2. The van der Waals surface area contributed by atoms with Crippen LogP contribution in [0.5, 0.6) is 0 Å². The van der Waals surface area contributed by atoms with Crippen LogP contribution >= 0.6 is 11.6 Å². The van der Waals surface area contributed by atoms with Gasteiger partial charge in [0.1, 0.15) is 6.04 Å². The van der Waals surface area contributed by atoms with Crippen molar-refractivity contribution in [1.82, 2.24) is 10.2 Å². The maximum Gasteiger partial charge on any atom is 0.257 e. The van der Waals surface area contributed by atoms with Crippen LogP contribution in [0, 0.1) is 0 Å². The number of carbonyl (C=O) groups is 3. The Morgan fingerprint density at radius 3 is 2.48 bits per heavy atom. The molecule has 3 amide bonds. The van der Waals surface area contributed by atoms with Crippen LogP contribution < -0.4 is 10.6 Å². The molecule has 2 aromatic rings. The lowest BCUT2D eigenvalue weighted by atomic mass is 10.1. The molecule has 2 fully saturated rings. The van der Waals surface area contributed by atoms with E-state index in [1.807, 2.05) is 0 Å². The Morgan fingerprint density at radius 1 is 0.935 bits per heavy atom. The summed E-state index contributed by atoms with van der Waals surface area (Å²) in [7, 11) is 0. The van der Waals surface area contributed by atoms with Gasteiger partial charge in [0.15, 0.2) is 0 Å². The first-order chi connectivity index (χ1) is 15.0. The Kier molecular flexibility index (Phi) is 6.56. The maximum atomic E-state index is 13.2. The summed E-state index contributed by atoms with van der Waals surface area (Å²) in [6.45, 7) is 0.553. The fourth-order valence-electron chi connectivity index (χ4n) is 4.39. The molecule has 1 heterocycles. The molecule has 0 spiro atoms. The van der Waals surface area contributed by atoms with Gasteiger partial charge in [-0.3, -0.25) is 14.4 Å². The zero-order chi connectivity index (χ0) is 21.8. The molecule has 7 heteroatoms. The molecule has 4 rings (SSSR count). The SMILES string of the molecule is O=C(Nc1cccc(C(=O)N2CCCC2C(=O)NC2CCCC2)c1)c1ccccc1Cl. The highest BCUT2D eigenvalue weighted by atomic mass is 35.5. The van der Waals surface area contributed by atoms with Crippen LogP contribution in [0.25, 0.3) is 0 Å². The average molecular weight is 440 g/mol. The molecule has 2 N–H and O–H groups in total. The van der Waals surface area contributed by atoms with Crippen molar-refractivity contribution in [2.75, 3.05) is 11.9 Å². The van der Waals surface area contributed by atoms with Crippen LogP contribution in [0.3, 0.4) is 0 Å². The van der Waals surface area contributed by atoms with Crippen molar-refractivity contribution in [1.29, 1.82) is 0 Å². The molecule has 0 bridgehead atoms. The zero-order valence-corrected chi connectivity index (χ0v) is 18.0. The van der Waals surface area contributed by atoms with Crippen molar-refractivity contribution in [2.24, 2.45) is 0 Å². The molecule has 2 aliphatic rings. The van der Waals surface area contributed by atoms with Crippen molar-refractivity contribution < 1.29 is 14.4 Å². The Bertz CT molecular complexity index is 988. The second-order valence-electron chi connectivity index (χ2n) is 8.16. The molecule has 0 radical (unpaired) electrons. The summed E-state index contributed by atoms with van der Waals surface area (Å²) in [5.74, 6) is -0.593. The predicted molar refractivity (Wildman–Crippen MR) is 120 cm³/mol. The van der Waals surface area contributed by atoms with E-state index in [4.69, 9.17) is 11.6 Å². The molecule has 1 aliphatic heterocycles. The minimum absolute atomic E-state index is 0.0547. The van der Waals surface area contributed by atoms with Gasteiger partial charge in [0.2, 0.25) is 5.91 Å². The van der Waals surface area contributed by atoms with Crippen LogP contribution in [0.15, 0.2) is 48.5 Å². The first-order valence-corrected chi connectivity index (χ1v) is 11.2. The first kappa shape index (κ1) is 21.4. The van der Waals surface area contributed by atoms with E-state index >= 15 is 0 Å². The van der Waals surface area contributed by atoms with Crippen LogP contribution in [0.1, 0.15) is 59.2 Å². The monoisotopic (exact) mass is 439 g/mol. The number of hydrogen-bond donors (Lipinski definition) is 2. The van der Waals surface area contributed by atoms with Crippen LogP contribution in [0.4, 0.5) is 5.69 Å². The third-order valence-corrected chi connectivity index (χ3v) is 6.33. The minimum Gasteiger partial charge on any atom is -0.352 e. The van der Waals surface area contributed by atoms with Gasteiger partial charge in [-0.2, -0.15) is 0 Å². The summed E-state index contributed by atoms with van der Waals surface area (Å²) in [6, 6.07) is 13.4. The van der Waals surface area contributed by atoms with Crippen molar-refractivity contribution in [3.8, 4) is 0 Å². The molecule has 1 aliphatic carbocycles. The van der Waals surface area contributed by atoms with Crippen LogP contribution in [-0.4, -0.2) is 41.2 Å². The van der Waals surface area contributed by atoms with E-state index in [0.717, 1.165) is 32.1 Å². The highest BCUT2D eigenvalue weighted by Crippen LogP contribution is 2.24. The Hall–Kier alpha value is -2.86. The highest BCUT2D eigenvalue weighted by molar-refractivity contribution is 6.34. The second kappa shape index (κ2) is 9.52. The first-order valence-electron chi connectivity index (χ1n) is 10.8. The number of benzene rings is 2. The number of nitrogens with one attached hydrogen (secondary N) is 2. The molecule has 1 saturated carbocycles. The molecular formula is C24H26ClN3O3. The smallest absolute Gasteiger partial charge is 0.257 e.